The molecule has 0 bridgehead atoms. The molecule has 1 aliphatic carbocycles. The molecule has 3 aromatic rings. The molecule has 0 radical (unpaired) electrons. The van der Waals surface area contributed by atoms with Crippen molar-refractivity contribution in [3.63, 3.8) is 0 Å². The number of hydrogen-bond acceptors (Lipinski definition) is 6. The van der Waals surface area contributed by atoms with Crippen molar-refractivity contribution in [2.24, 2.45) is 0 Å². The molecule has 3 heterocycles. The molecule has 1 aliphatic rings. The van der Waals surface area contributed by atoms with E-state index in [9.17, 15) is 4.79 Å². The Morgan fingerprint density at radius 2 is 2.27 bits per heavy atom. The highest BCUT2D eigenvalue weighted by molar-refractivity contribution is 8.00. The van der Waals surface area contributed by atoms with Crippen molar-refractivity contribution in [3.05, 3.63) is 46.9 Å². The number of hydrogen-bond donors (Lipinski definition) is 1. The molecule has 1 N–H and O–H groups in total. The SMILES string of the molecule is CC(Sc1nnc(-c2cccnc2)n1C1CC1)C(=O)NCc1cccs1. The molecule has 0 aromatic carbocycles. The second kappa shape index (κ2) is 7.59. The van der Waals surface area contributed by atoms with E-state index in [-0.39, 0.29) is 11.2 Å². The average Bonchev–Trinajstić information content (AvgIpc) is 3.20. The van der Waals surface area contributed by atoms with Gasteiger partial charge in [-0.3, -0.25) is 14.3 Å². The summed E-state index contributed by atoms with van der Waals surface area (Å²) in [6.45, 7) is 2.47. The van der Waals surface area contributed by atoms with Crippen molar-refractivity contribution >= 4 is 29.0 Å². The smallest absolute Gasteiger partial charge is 0.233 e. The lowest BCUT2D eigenvalue weighted by atomic mass is 10.3. The molecular weight excluding hydrogens is 366 g/mol. The van der Waals surface area contributed by atoms with E-state index in [1.807, 2.05) is 36.6 Å². The fourth-order valence-corrected chi connectivity index (χ4v) is 4.24. The molecule has 4 rings (SSSR count). The number of nitrogens with one attached hydrogen (secondary N) is 1. The van der Waals surface area contributed by atoms with Crippen LogP contribution in [0.5, 0.6) is 0 Å². The lowest BCUT2D eigenvalue weighted by Crippen LogP contribution is -2.30. The van der Waals surface area contributed by atoms with Crippen molar-refractivity contribution in [1.82, 2.24) is 25.1 Å². The van der Waals surface area contributed by atoms with E-state index in [0.29, 0.717) is 12.6 Å². The van der Waals surface area contributed by atoms with Gasteiger partial charge in [-0.05, 0) is 43.3 Å². The van der Waals surface area contributed by atoms with E-state index in [2.05, 4.69) is 25.1 Å². The van der Waals surface area contributed by atoms with Crippen molar-refractivity contribution < 1.29 is 4.79 Å². The van der Waals surface area contributed by atoms with Crippen LogP contribution in [0.25, 0.3) is 11.4 Å². The molecule has 26 heavy (non-hydrogen) atoms. The summed E-state index contributed by atoms with van der Waals surface area (Å²) in [7, 11) is 0. The molecular formula is C18H19N5OS2. The molecule has 1 fully saturated rings. The van der Waals surface area contributed by atoms with Gasteiger partial charge < -0.3 is 5.32 Å². The van der Waals surface area contributed by atoms with Crippen LogP contribution in [0.3, 0.4) is 0 Å². The van der Waals surface area contributed by atoms with Crippen molar-refractivity contribution in [2.45, 2.75) is 42.8 Å². The van der Waals surface area contributed by atoms with Gasteiger partial charge in [0.25, 0.3) is 0 Å². The number of thioether (sulfide) groups is 1. The number of thiophene rings is 1. The molecule has 1 saturated carbocycles. The lowest BCUT2D eigenvalue weighted by Gasteiger charge is -2.13. The van der Waals surface area contributed by atoms with Gasteiger partial charge in [-0.25, -0.2) is 0 Å². The van der Waals surface area contributed by atoms with Crippen LogP contribution < -0.4 is 5.32 Å². The number of carbonyl (C=O) groups is 1. The fourth-order valence-electron chi connectivity index (χ4n) is 2.65. The van der Waals surface area contributed by atoms with Gasteiger partial charge in [0, 0.05) is 28.9 Å². The predicted octanol–water partition coefficient (Wildman–Crippen LogP) is 3.53. The summed E-state index contributed by atoms with van der Waals surface area (Å²) in [5.41, 5.74) is 0.952. The fraction of sp³-hybridized carbons (Fsp3) is 0.333. The zero-order valence-corrected chi connectivity index (χ0v) is 16.0. The minimum absolute atomic E-state index is 0.0108. The first kappa shape index (κ1) is 17.2. The highest BCUT2D eigenvalue weighted by Gasteiger charge is 2.31. The minimum atomic E-state index is -0.238. The molecule has 1 atom stereocenters. The quantitative estimate of drug-likeness (QED) is 0.630. The topological polar surface area (TPSA) is 72.7 Å². The Labute approximate surface area is 160 Å². The van der Waals surface area contributed by atoms with Crippen molar-refractivity contribution in [1.29, 1.82) is 0 Å². The number of amides is 1. The maximum Gasteiger partial charge on any atom is 0.233 e. The van der Waals surface area contributed by atoms with E-state index in [1.54, 1.807) is 23.7 Å². The molecule has 0 saturated heterocycles. The third-order valence-electron chi connectivity index (χ3n) is 4.16. The first-order valence-electron chi connectivity index (χ1n) is 8.54. The third-order valence-corrected chi connectivity index (χ3v) is 6.10. The van der Waals surface area contributed by atoms with Gasteiger partial charge in [0.05, 0.1) is 11.8 Å². The summed E-state index contributed by atoms with van der Waals surface area (Å²) in [5, 5.41) is 14.3. The summed E-state index contributed by atoms with van der Waals surface area (Å²) in [6.07, 6.45) is 5.79. The second-order valence-electron chi connectivity index (χ2n) is 6.21. The van der Waals surface area contributed by atoms with Crippen molar-refractivity contribution in [3.8, 4) is 11.4 Å². The van der Waals surface area contributed by atoms with Gasteiger partial charge in [0.1, 0.15) is 0 Å². The second-order valence-corrected chi connectivity index (χ2v) is 8.55. The number of pyridine rings is 1. The Bertz CT molecular complexity index is 874. The highest BCUT2D eigenvalue weighted by Crippen LogP contribution is 2.41. The lowest BCUT2D eigenvalue weighted by molar-refractivity contribution is -0.120. The number of nitrogens with zero attached hydrogens (tertiary/aromatic N) is 4. The molecule has 0 aliphatic heterocycles. The van der Waals surface area contributed by atoms with Gasteiger partial charge in [0.15, 0.2) is 11.0 Å². The number of aromatic nitrogens is 4. The van der Waals surface area contributed by atoms with Gasteiger partial charge in [-0.15, -0.1) is 21.5 Å². The average molecular weight is 386 g/mol. The van der Waals surface area contributed by atoms with Crippen LogP contribution in [0.2, 0.25) is 0 Å². The van der Waals surface area contributed by atoms with E-state index in [4.69, 9.17) is 0 Å². The summed E-state index contributed by atoms with van der Waals surface area (Å²) in [4.78, 5) is 17.7. The first-order valence-corrected chi connectivity index (χ1v) is 10.3. The monoisotopic (exact) mass is 385 g/mol. The first-order chi connectivity index (χ1) is 12.7. The maximum atomic E-state index is 12.4. The number of carbonyl (C=O) groups excluding carboxylic acids is 1. The summed E-state index contributed by atoms with van der Waals surface area (Å²) >= 11 is 3.10. The molecule has 0 spiro atoms. The molecule has 1 unspecified atom stereocenters. The standard InChI is InChI=1S/C18H19N5OS2/c1-12(17(24)20-11-15-5-3-9-25-15)26-18-22-21-16(23(18)14-6-7-14)13-4-2-8-19-10-13/h2-5,8-10,12,14H,6-7,11H2,1H3,(H,20,24). The largest absolute Gasteiger partial charge is 0.350 e. The summed E-state index contributed by atoms with van der Waals surface area (Å²) in [5.74, 6) is 0.839. The Kier molecular flexibility index (Phi) is 5.03. The van der Waals surface area contributed by atoms with Crippen LogP contribution in [-0.2, 0) is 11.3 Å². The Morgan fingerprint density at radius 3 is 2.96 bits per heavy atom. The summed E-state index contributed by atoms with van der Waals surface area (Å²) < 4.78 is 2.16. The Hall–Kier alpha value is -2.19. The molecule has 1 amide bonds. The maximum absolute atomic E-state index is 12.4. The summed E-state index contributed by atoms with van der Waals surface area (Å²) in [6, 6.07) is 8.31. The zero-order chi connectivity index (χ0) is 17.9. The van der Waals surface area contributed by atoms with E-state index in [0.717, 1.165) is 34.3 Å². The van der Waals surface area contributed by atoms with Gasteiger partial charge in [0.2, 0.25) is 5.91 Å². The highest BCUT2D eigenvalue weighted by atomic mass is 32.2. The van der Waals surface area contributed by atoms with E-state index < -0.39 is 0 Å². The molecule has 8 heteroatoms. The van der Waals surface area contributed by atoms with Crippen molar-refractivity contribution in [2.75, 3.05) is 0 Å². The number of rotatable bonds is 7. The van der Waals surface area contributed by atoms with Crippen LogP contribution in [0, 0.1) is 0 Å². The van der Waals surface area contributed by atoms with Crippen LogP contribution >= 0.6 is 23.1 Å². The van der Waals surface area contributed by atoms with E-state index >= 15 is 0 Å². The minimum Gasteiger partial charge on any atom is -0.350 e. The van der Waals surface area contributed by atoms with Gasteiger partial charge >= 0.3 is 0 Å². The predicted molar refractivity (Wildman–Crippen MR) is 103 cm³/mol. The van der Waals surface area contributed by atoms with Crippen LogP contribution in [0.15, 0.2) is 47.2 Å². The third kappa shape index (κ3) is 3.81. The zero-order valence-electron chi connectivity index (χ0n) is 14.3. The Balaban J connectivity index is 1.47. The Morgan fingerprint density at radius 1 is 1.38 bits per heavy atom. The molecule has 6 nitrogen and oxygen atoms in total. The van der Waals surface area contributed by atoms with Gasteiger partial charge in [-0.2, -0.15) is 0 Å². The van der Waals surface area contributed by atoms with Crippen LogP contribution in [0.1, 0.15) is 30.7 Å². The van der Waals surface area contributed by atoms with Gasteiger partial charge in [-0.1, -0.05) is 17.8 Å². The molecule has 3 aromatic heterocycles. The van der Waals surface area contributed by atoms with E-state index in [1.165, 1.54) is 11.8 Å². The molecule has 134 valence electrons. The van der Waals surface area contributed by atoms with Crippen LogP contribution in [0.4, 0.5) is 0 Å². The normalized spacial score (nSPS) is 15.0. The van der Waals surface area contributed by atoms with Crippen LogP contribution in [-0.4, -0.2) is 30.9 Å².